The van der Waals surface area contributed by atoms with Gasteiger partial charge in [-0.25, -0.2) is 4.98 Å². The molecule has 0 N–H and O–H groups in total. The lowest BCUT2D eigenvalue weighted by atomic mass is 10.2. The van der Waals surface area contributed by atoms with Gasteiger partial charge in [0.05, 0.1) is 17.7 Å². The molecule has 0 saturated carbocycles. The van der Waals surface area contributed by atoms with Crippen LogP contribution in [0.5, 0.6) is 5.75 Å². The lowest BCUT2D eigenvalue weighted by molar-refractivity contribution is 0.415. The smallest absolute Gasteiger partial charge is 0.124 e. The highest BCUT2D eigenvalue weighted by atomic mass is 32.2. The highest BCUT2D eigenvalue weighted by Gasteiger charge is 2.13. The topological polar surface area (TPSA) is 47.9 Å². The Morgan fingerprint density at radius 1 is 1.14 bits per heavy atom. The number of nitrogens with zero attached hydrogens (tertiary/aromatic N) is 3. The molecule has 3 rings (SSSR count). The molecule has 0 aliphatic rings. The summed E-state index contributed by atoms with van der Waals surface area (Å²) in [6.45, 7) is 2.00. The largest absolute Gasteiger partial charge is 0.497 e. The molecule has 0 aliphatic carbocycles. The van der Waals surface area contributed by atoms with E-state index in [2.05, 4.69) is 15.2 Å². The highest BCUT2D eigenvalue weighted by Crippen LogP contribution is 2.35. The molecule has 0 fully saturated rings. The Balaban J connectivity index is 1.99. The molecule has 1 aromatic carbocycles. The van der Waals surface area contributed by atoms with Crippen LogP contribution in [-0.4, -0.2) is 28.5 Å². The van der Waals surface area contributed by atoms with E-state index in [1.54, 1.807) is 30.2 Å². The summed E-state index contributed by atoms with van der Waals surface area (Å²) in [5.74, 6) is 0.830. The highest BCUT2D eigenvalue weighted by molar-refractivity contribution is 7.98. The third-order valence-corrected chi connectivity index (χ3v) is 5.06. The van der Waals surface area contributed by atoms with Crippen molar-refractivity contribution in [3.63, 3.8) is 0 Å². The number of benzene rings is 1. The molecule has 0 aliphatic heterocycles. The number of aryl methyl sites for hydroxylation is 1. The third-order valence-electron chi connectivity index (χ3n) is 3.20. The number of hydrogen-bond donors (Lipinski definition) is 0. The Labute approximate surface area is 137 Å². The molecule has 0 spiro atoms. The van der Waals surface area contributed by atoms with Gasteiger partial charge in [-0.3, -0.25) is 0 Å². The van der Waals surface area contributed by atoms with Gasteiger partial charge in [0.2, 0.25) is 0 Å². The molecule has 6 heteroatoms. The SMILES string of the molecule is COc1cccc(-c2nc(C)c(-c3ccc(SC)nn3)s2)c1. The number of thioether (sulfide) groups is 1. The van der Waals surface area contributed by atoms with Crippen LogP contribution >= 0.6 is 23.1 Å². The van der Waals surface area contributed by atoms with Gasteiger partial charge in [-0.1, -0.05) is 12.1 Å². The van der Waals surface area contributed by atoms with Crippen LogP contribution in [0.2, 0.25) is 0 Å². The van der Waals surface area contributed by atoms with E-state index in [0.29, 0.717) is 0 Å². The van der Waals surface area contributed by atoms with Crippen molar-refractivity contribution in [1.82, 2.24) is 15.2 Å². The quantitative estimate of drug-likeness (QED) is 0.668. The van der Waals surface area contributed by atoms with Crippen LogP contribution < -0.4 is 4.74 Å². The van der Waals surface area contributed by atoms with Crippen LogP contribution in [0.1, 0.15) is 5.69 Å². The minimum absolute atomic E-state index is 0.830. The first-order valence-electron chi connectivity index (χ1n) is 6.71. The van der Waals surface area contributed by atoms with Crippen LogP contribution in [0.25, 0.3) is 21.1 Å². The van der Waals surface area contributed by atoms with Crippen LogP contribution in [0.3, 0.4) is 0 Å². The number of rotatable bonds is 4. The maximum Gasteiger partial charge on any atom is 0.124 e. The van der Waals surface area contributed by atoms with Crippen molar-refractivity contribution < 1.29 is 4.74 Å². The average molecular weight is 329 g/mol. The number of ether oxygens (including phenoxy) is 1. The van der Waals surface area contributed by atoms with Gasteiger partial charge in [-0.15, -0.1) is 33.3 Å². The standard InChI is InChI=1S/C16H15N3OS2/c1-10-15(13-7-8-14(21-3)19-18-13)22-16(17-10)11-5-4-6-12(9-11)20-2/h4-9H,1-3H3. The van der Waals surface area contributed by atoms with Gasteiger partial charge < -0.3 is 4.74 Å². The van der Waals surface area contributed by atoms with Gasteiger partial charge in [-0.05, 0) is 37.4 Å². The Kier molecular flexibility index (Phi) is 4.40. The molecule has 2 heterocycles. The van der Waals surface area contributed by atoms with E-state index < -0.39 is 0 Å². The maximum absolute atomic E-state index is 5.28. The molecule has 4 nitrogen and oxygen atoms in total. The van der Waals surface area contributed by atoms with Gasteiger partial charge in [0.15, 0.2) is 0 Å². The molecule has 2 aromatic heterocycles. The van der Waals surface area contributed by atoms with Gasteiger partial charge in [-0.2, -0.15) is 0 Å². The first-order valence-corrected chi connectivity index (χ1v) is 8.75. The normalized spacial score (nSPS) is 10.7. The minimum atomic E-state index is 0.830. The van der Waals surface area contributed by atoms with E-state index in [4.69, 9.17) is 4.74 Å². The average Bonchev–Trinajstić information content (AvgIpc) is 2.97. The second kappa shape index (κ2) is 6.46. The van der Waals surface area contributed by atoms with Gasteiger partial charge in [0.1, 0.15) is 21.5 Å². The Morgan fingerprint density at radius 2 is 2.00 bits per heavy atom. The Hall–Kier alpha value is -1.92. The number of methoxy groups -OCH3 is 1. The van der Waals surface area contributed by atoms with Crippen molar-refractivity contribution >= 4 is 23.1 Å². The molecule has 112 valence electrons. The second-order valence-electron chi connectivity index (χ2n) is 4.63. The van der Waals surface area contributed by atoms with E-state index >= 15 is 0 Å². The molecule has 0 amide bonds. The number of hydrogen-bond acceptors (Lipinski definition) is 6. The van der Waals surface area contributed by atoms with Crippen molar-refractivity contribution in [2.24, 2.45) is 0 Å². The molecule has 3 aromatic rings. The van der Waals surface area contributed by atoms with Crippen molar-refractivity contribution in [1.29, 1.82) is 0 Å². The van der Waals surface area contributed by atoms with E-state index in [1.165, 1.54) is 0 Å². The van der Waals surface area contributed by atoms with Gasteiger partial charge >= 0.3 is 0 Å². The number of aromatic nitrogens is 3. The minimum Gasteiger partial charge on any atom is -0.497 e. The molecule has 0 saturated heterocycles. The monoisotopic (exact) mass is 329 g/mol. The Morgan fingerprint density at radius 3 is 2.68 bits per heavy atom. The second-order valence-corrected chi connectivity index (χ2v) is 6.45. The summed E-state index contributed by atoms with van der Waals surface area (Å²) >= 11 is 3.21. The summed E-state index contributed by atoms with van der Waals surface area (Å²) in [6, 6.07) is 11.9. The summed E-state index contributed by atoms with van der Waals surface area (Å²) in [7, 11) is 1.67. The van der Waals surface area contributed by atoms with Gasteiger partial charge in [0, 0.05) is 5.56 Å². The van der Waals surface area contributed by atoms with Crippen molar-refractivity contribution in [3.8, 4) is 26.9 Å². The molecule has 0 unspecified atom stereocenters. The van der Waals surface area contributed by atoms with Crippen molar-refractivity contribution in [3.05, 3.63) is 42.1 Å². The fourth-order valence-corrected chi connectivity index (χ4v) is 3.42. The molecule has 22 heavy (non-hydrogen) atoms. The summed E-state index contributed by atoms with van der Waals surface area (Å²) in [5, 5.41) is 10.4. The van der Waals surface area contributed by atoms with E-state index in [1.807, 2.05) is 49.6 Å². The van der Waals surface area contributed by atoms with Crippen LogP contribution in [0, 0.1) is 6.92 Å². The maximum atomic E-state index is 5.28. The Bertz CT molecular complexity index is 784. The lowest BCUT2D eigenvalue weighted by Crippen LogP contribution is -1.88. The first kappa shape index (κ1) is 15.0. The zero-order valence-corrected chi connectivity index (χ0v) is 14.2. The van der Waals surface area contributed by atoms with Crippen molar-refractivity contribution in [2.75, 3.05) is 13.4 Å². The zero-order valence-electron chi connectivity index (χ0n) is 12.5. The van der Waals surface area contributed by atoms with E-state index in [-0.39, 0.29) is 0 Å². The zero-order chi connectivity index (χ0) is 15.5. The summed E-state index contributed by atoms with van der Waals surface area (Å²) in [4.78, 5) is 5.72. The first-order chi connectivity index (χ1) is 10.7. The molecular formula is C16H15N3OS2. The van der Waals surface area contributed by atoms with E-state index in [0.717, 1.165) is 37.6 Å². The van der Waals surface area contributed by atoms with Crippen LogP contribution in [-0.2, 0) is 0 Å². The fraction of sp³-hybridized carbons (Fsp3) is 0.188. The molecular weight excluding hydrogens is 314 g/mol. The summed E-state index contributed by atoms with van der Waals surface area (Å²) < 4.78 is 5.28. The van der Waals surface area contributed by atoms with Gasteiger partial charge in [0.25, 0.3) is 0 Å². The lowest BCUT2D eigenvalue weighted by Gasteiger charge is -2.01. The van der Waals surface area contributed by atoms with Crippen LogP contribution in [0.4, 0.5) is 0 Å². The van der Waals surface area contributed by atoms with Crippen molar-refractivity contribution in [2.45, 2.75) is 11.9 Å². The fourth-order valence-electron chi connectivity index (χ4n) is 2.06. The number of thiazole rings is 1. The molecule has 0 radical (unpaired) electrons. The predicted octanol–water partition coefficient (Wildman–Crippen LogP) is 4.31. The molecule has 0 bridgehead atoms. The molecule has 0 atom stereocenters. The summed E-state index contributed by atoms with van der Waals surface area (Å²) in [5.41, 5.74) is 2.88. The third kappa shape index (κ3) is 2.98. The predicted molar refractivity (Wildman–Crippen MR) is 91.6 cm³/mol. The van der Waals surface area contributed by atoms with E-state index in [9.17, 15) is 0 Å². The summed E-state index contributed by atoms with van der Waals surface area (Å²) in [6.07, 6.45) is 1.99. The van der Waals surface area contributed by atoms with Crippen LogP contribution in [0.15, 0.2) is 41.4 Å².